The molecule has 0 aromatic rings. The molecule has 1 heterocycles. The largest absolute Gasteiger partial charge is 0.417 e. The van der Waals surface area contributed by atoms with Crippen LogP contribution >= 0.6 is 0 Å². The van der Waals surface area contributed by atoms with Crippen molar-refractivity contribution >= 4 is 8.32 Å². The highest BCUT2D eigenvalue weighted by Crippen LogP contribution is 2.40. The van der Waals surface area contributed by atoms with Crippen LogP contribution in [0, 0.1) is 5.92 Å². The van der Waals surface area contributed by atoms with Crippen LogP contribution in [0.5, 0.6) is 0 Å². The molecular weight excluding hydrogens is 228 g/mol. The minimum Gasteiger partial charge on any atom is -0.417 e. The van der Waals surface area contributed by atoms with E-state index in [9.17, 15) is 0 Å². The van der Waals surface area contributed by atoms with E-state index in [1.165, 1.54) is 44.6 Å². The van der Waals surface area contributed by atoms with Crippen molar-refractivity contribution in [2.45, 2.75) is 76.8 Å². The Labute approximate surface area is 107 Å². The molecule has 2 fully saturated rings. The van der Waals surface area contributed by atoms with Crippen molar-refractivity contribution in [2.24, 2.45) is 5.92 Å². The molecule has 1 aliphatic heterocycles. The lowest BCUT2D eigenvalue weighted by molar-refractivity contribution is 0.267. The zero-order valence-electron chi connectivity index (χ0n) is 11.7. The van der Waals surface area contributed by atoms with Crippen LogP contribution in [0.15, 0.2) is 0 Å². The third-order valence-corrected chi connectivity index (χ3v) is 6.90. The highest BCUT2D eigenvalue weighted by atomic mass is 28.4. The predicted octanol–water partition coefficient (Wildman–Crippen LogP) is 3.97. The fraction of sp³-hybridized carbons (Fsp3) is 1.00. The van der Waals surface area contributed by atoms with Gasteiger partial charge in [-0.05, 0) is 57.2 Å². The fourth-order valence-corrected chi connectivity index (χ4v) is 5.19. The summed E-state index contributed by atoms with van der Waals surface area (Å²) in [5.74, 6) is 0.915. The third-order valence-electron chi connectivity index (χ3n) is 4.21. The molecule has 0 bridgehead atoms. The first kappa shape index (κ1) is 13.6. The first-order valence-corrected chi connectivity index (χ1v) is 10.5. The van der Waals surface area contributed by atoms with Gasteiger partial charge in [-0.3, -0.25) is 0 Å². The minimum absolute atomic E-state index is 0.639. The topological polar surface area (TPSA) is 21.8 Å². The van der Waals surface area contributed by atoms with Crippen molar-refractivity contribution in [3.8, 4) is 0 Å². The Kier molecular flexibility index (Phi) is 4.67. The molecule has 1 aliphatic carbocycles. The molecule has 2 nitrogen and oxygen atoms in total. The Morgan fingerprint density at radius 1 is 1.24 bits per heavy atom. The van der Waals surface area contributed by atoms with Gasteiger partial charge in [-0.2, -0.15) is 0 Å². The smallest absolute Gasteiger partial charge is 0.186 e. The van der Waals surface area contributed by atoms with E-state index in [0.29, 0.717) is 12.2 Å². The van der Waals surface area contributed by atoms with Crippen LogP contribution < -0.4 is 0 Å². The van der Waals surface area contributed by atoms with E-state index < -0.39 is 8.32 Å². The fourth-order valence-electron chi connectivity index (χ4n) is 3.14. The van der Waals surface area contributed by atoms with Gasteiger partial charge in [0.1, 0.15) is 0 Å². The SMILES string of the molecule is CCC[Si](C)(C)OCCCC1CCC2OC2C1. The summed E-state index contributed by atoms with van der Waals surface area (Å²) in [5, 5.41) is 0. The number of fused-ring (bicyclic) bond motifs is 1. The maximum atomic E-state index is 6.11. The van der Waals surface area contributed by atoms with E-state index in [1.54, 1.807) is 0 Å². The van der Waals surface area contributed by atoms with Crippen LogP contribution in [0.2, 0.25) is 19.1 Å². The Balaban J connectivity index is 1.53. The van der Waals surface area contributed by atoms with Crippen LogP contribution in [0.3, 0.4) is 0 Å². The Bertz CT molecular complexity index is 242. The lowest BCUT2D eigenvalue weighted by atomic mass is 9.86. The van der Waals surface area contributed by atoms with Crippen molar-refractivity contribution in [1.29, 1.82) is 0 Å². The summed E-state index contributed by atoms with van der Waals surface area (Å²) in [5.41, 5.74) is 0. The second kappa shape index (κ2) is 5.85. The van der Waals surface area contributed by atoms with E-state index in [0.717, 1.165) is 12.5 Å². The van der Waals surface area contributed by atoms with Crippen molar-refractivity contribution < 1.29 is 9.16 Å². The number of ether oxygens (including phenoxy) is 1. The first-order chi connectivity index (χ1) is 8.11. The van der Waals surface area contributed by atoms with Crippen molar-refractivity contribution in [3.05, 3.63) is 0 Å². The van der Waals surface area contributed by atoms with Gasteiger partial charge in [0, 0.05) is 6.61 Å². The minimum atomic E-state index is -1.32. The molecule has 0 aromatic carbocycles. The Hall–Kier alpha value is 0.137. The van der Waals surface area contributed by atoms with Gasteiger partial charge in [-0.25, -0.2) is 0 Å². The van der Waals surface area contributed by atoms with E-state index >= 15 is 0 Å². The summed E-state index contributed by atoms with van der Waals surface area (Å²) in [6.07, 6.45) is 9.18. The molecule has 0 aromatic heterocycles. The summed E-state index contributed by atoms with van der Waals surface area (Å²) in [7, 11) is -1.32. The summed E-state index contributed by atoms with van der Waals surface area (Å²) in [6, 6.07) is 1.30. The van der Waals surface area contributed by atoms with Crippen molar-refractivity contribution in [3.63, 3.8) is 0 Å². The maximum Gasteiger partial charge on any atom is 0.186 e. The van der Waals surface area contributed by atoms with Gasteiger partial charge in [0.25, 0.3) is 0 Å². The average Bonchev–Trinajstić information content (AvgIpc) is 3.02. The van der Waals surface area contributed by atoms with Crippen LogP contribution in [0.4, 0.5) is 0 Å². The van der Waals surface area contributed by atoms with Gasteiger partial charge in [0.15, 0.2) is 8.32 Å². The van der Waals surface area contributed by atoms with Gasteiger partial charge in [-0.15, -0.1) is 0 Å². The Morgan fingerprint density at radius 3 is 2.76 bits per heavy atom. The Morgan fingerprint density at radius 2 is 2.06 bits per heavy atom. The normalized spacial score (nSPS) is 32.3. The van der Waals surface area contributed by atoms with Gasteiger partial charge in [-0.1, -0.05) is 13.3 Å². The quantitative estimate of drug-likeness (QED) is 0.390. The van der Waals surface area contributed by atoms with Gasteiger partial charge in [0.05, 0.1) is 12.2 Å². The molecule has 17 heavy (non-hydrogen) atoms. The van der Waals surface area contributed by atoms with E-state index in [4.69, 9.17) is 9.16 Å². The number of hydrogen-bond donors (Lipinski definition) is 0. The van der Waals surface area contributed by atoms with Crippen LogP contribution in [-0.4, -0.2) is 27.1 Å². The lowest BCUT2D eigenvalue weighted by Crippen LogP contribution is -2.30. The molecule has 0 radical (unpaired) electrons. The van der Waals surface area contributed by atoms with Gasteiger partial charge in [0.2, 0.25) is 0 Å². The first-order valence-electron chi connectivity index (χ1n) is 7.40. The van der Waals surface area contributed by atoms with Gasteiger partial charge < -0.3 is 9.16 Å². The van der Waals surface area contributed by atoms with Crippen LogP contribution in [0.25, 0.3) is 0 Å². The molecule has 2 aliphatic rings. The van der Waals surface area contributed by atoms with Crippen molar-refractivity contribution in [1.82, 2.24) is 0 Å². The maximum absolute atomic E-state index is 6.11. The number of epoxide rings is 1. The van der Waals surface area contributed by atoms with E-state index in [2.05, 4.69) is 20.0 Å². The number of rotatable bonds is 7. The molecule has 0 spiro atoms. The second-order valence-electron chi connectivity index (χ2n) is 6.39. The predicted molar refractivity (Wildman–Crippen MR) is 73.8 cm³/mol. The molecule has 3 unspecified atom stereocenters. The molecular formula is C14H28O2Si. The number of hydrogen-bond acceptors (Lipinski definition) is 2. The molecule has 0 N–H and O–H groups in total. The summed E-state index contributed by atoms with van der Waals surface area (Å²) >= 11 is 0. The molecule has 100 valence electrons. The summed E-state index contributed by atoms with van der Waals surface area (Å²) < 4.78 is 11.7. The molecule has 3 heteroatoms. The average molecular weight is 256 g/mol. The summed E-state index contributed by atoms with van der Waals surface area (Å²) in [6.45, 7) is 7.94. The standard InChI is InChI=1S/C14H28O2Si/c1-4-10-17(2,3)15-9-5-6-12-7-8-13-14(11-12)16-13/h12-14H,4-11H2,1-3H3. The highest BCUT2D eigenvalue weighted by Gasteiger charge is 2.43. The highest BCUT2D eigenvalue weighted by molar-refractivity contribution is 6.71. The van der Waals surface area contributed by atoms with Crippen LogP contribution in [-0.2, 0) is 9.16 Å². The zero-order chi connectivity index (χ0) is 12.3. The lowest BCUT2D eigenvalue weighted by Gasteiger charge is -2.23. The van der Waals surface area contributed by atoms with Crippen molar-refractivity contribution in [2.75, 3.05) is 6.61 Å². The molecule has 1 saturated carbocycles. The van der Waals surface area contributed by atoms with E-state index in [-0.39, 0.29) is 0 Å². The summed E-state index contributed by atoms with van der Waals surface area (Å²) in [4.78, 5) is 0. The van der Waals surface area contributed by atoms with Crippen LogP contribution in [0.1, 0.15) is 45.4 Å². The van der Waals surface area contributed by atoms with E-state index in [1.807, 2.05) is 0 Å². The second-order valence-corrected chi connectivity index (χ2v) is 10.7. The molecule has 0 amide bonds. The van der Waals surface area contributed by atoms with Gasteiger partial charge >= 0.3 is 0 Å². The molecule has 3 atom stereocenters. The third kappa shape index (κ3) is 4.38. The molecule has 2 rings (SSSR count). The zero-order valence-corrected chi connectivity index (χ0v) is 12.7. The molecule has 1 saturated heterocycles. The monoisotopic (exact) mass is 256 g/mol.